The normalized spacial score (nSPS) is 12.3. The zero-order valence-corrected chi connectivity index (χ0v) is 17.6. The summed E-state index contributed by atoms with van der Waals surface area (Å²) in [5.41, 5.74) is 7.16. The first-order chi connectivity index (χ1) is 14.3. The van der Waals surface area contributed by atoms with E-state index in [1.807, 2.05) is 6.07 Å². The molecule has 0 aliphatic heterocycles. The number of carbonyl (C=O) groups is 2. The van der Waals surface area contributed by atoms with Crippen molar-refractivity contribution >= 4 is 52.5 Å². The SMILES string of the molecule is NC(=NC(=O)C(NC(=O)c1ccc(Cl)nc1)c1ccc(Cl)c(Cl)c1)c1ccccc1. The first-order valence-electron chi connectivity index (χ1n) is 8.66. The maximum absolute atomic E-state index is 12.9. The van der Waals surface area contributed by atoms with Crippen molar-refractivity contribution in [1.82, 2.24) is 10.3 Å². The Kier molecular flexibility index (Phi) is 7.05. The first kappa shape index (κ1) is 21.8. The minimum atomic E-state index is -1.15. The minimum Gasteiger partial charge on any atom is -0.383 e. The number of pyridine rings is 1. The molecule has 0 bridgehead atoms. The highest BCUT2D eigenvalue weighted by Crippen LogP contribution is 2.26. The second kappa shape index (κ2) is 9.71. The van der Waals surface area contributed by atoms with Gasteiger partial charge in [-0.2, -0.15) is 4.99 Å². The van der Waals surface area contributed by atoms with Gasteiger partial charge in [0, 0.05) is 11.8 Å². The Bertz CT molecular complexity index is 1100. The van der Waals surface area contributed by atoms with E-state index in [-0.39, 0.29) is 21.6 Å². The fourth-order valence-corrected chi connectivity index (χ4v) is 2.98. The molecule has 0 saturated heterocycles. The van der Waals surface area contributed by atoms with E-state index in [1.54, 1.807) is 30.3 Å². The van der Waals surface area contributed by atoms with Gasteiger partial charge < -0.3 is 11.1 Å². The Hall–Kier alpha value is -2.93. The van der Waals surface area contributed by atoms with E-state index in [0.717, 1.165) is 0 Å². The number of amidine groups is 1. The summed E-state index contributed by atoms with van der Waals surface area (Å²) in [4.78, 5) is 33.5. The maximum Gasteiger partial charge on any atom is 0.274 e. The van der Waals surface area contributed by atoms with Crippen LogP contribution in [0.25, 0.3) is 0 Å². The molecule has 0 spiro atoms. The van der Waals surface area contributed by atoms with Gasteiger partial charge in [-0.05, 0) is 29.8 Å². The molecule has 1 unspecified atom stereocenters. The molecular weight excluding hydrogens is 447 g/mol. The van der Waals surface area contributed by atoms with E-state index in [9.17, 15) is 9.59 Å². The van der Waals surface area contributed by atoms with Gasteiger partial charge >= 0.3 is 0 Å². The molecule has 0 saturated carbocycles. The topological polar surface area (TPSA) is 97.4 Å². The van der Waals surface area contributed by atoms with Crippen LogP contribution in [-0.2, 0) is 4.79 Å². The summed E-state index contributed by atoms with van der Waals surface area (Å²) in [6.07, 6.45) is 1.30. The van der Waals surface area contributed by atoms with Gasteiger partial charge in [-0.1, -0.05) is 71.2 Å². The van der Waals surface area contributed by atoms with Crippen molar-refractivity contribution in [3.8, 4) is 0 Å². The van der Waals surface area contributed by atoms with Gasteiger partial charge in [0.15, 0.2) is 0 Å². The first-order valence-corrected chi connectivity index (χ1v) is 9.79. The van der Waals surface area contributed by atoms with Crippen LogP contribution in [0.5, 0.6) is 0 Å². The molecule has 0 fully saturated rings. The lowest BCUT2D eigenvalue weighted by Crippen LogP contribution is -2.34. The summed E-state index contributed by atoms with van der Waals surface area (Å²) in [6.45, 7) is 0. The third kappa shape index (κ3) is 5.36. The van der Waals surface area contributed by atoms with Gasteiger partial charge in [0.1, 0.15) is 17.0 Å². The van der Waals surface area contributed by atoms with Gasteiger partial charge in [0.25, 0.3) is 11.8 Å². The molecular formula is C21H15Cl3N4O2. The van der Waals surface area contributed by atoms with Crippen LogP contribution < -0.4 is 11.1 Å². The molecule has 0 radical (unpaired) electrons. The molecule has 6 nitrogen and oxygen atoms in total. The highest BCUT2D eigenvalue weighted by atomic mass is 35.5. The standard InChI is InChI=1S/C21H15Cl3N4O2/c22-15-8-6-13(10-16(15)23)18(27-20(29)14-7-9-17(24)26-11-14)21(30)28-19(25)12-4-2-1-3-5-12/h1-11,18H,(H,27,29)(H2,25,28,30). The molecule has 1 aromatic heterocycles. The number of amides is 2. The number of aromatic nitrogens is 1. The van der Waals surface area contributed by atoms with Crippen molar-refractivity contribution < 1.29 is 9.59 Å². The van der Waals surface area contributed by atoms with Crippen LogP contribution in [0.2, 0.25) is 15.2 Å². The van der Waals surface area contributed by atoms with Crippen molar-refractivity contribution in [2.45, 2.75) is 6.04 Å². The van der Waals surface area contributed by atoms with E-state index in [2.05, 4.69) is 15.3 Å². The van der Waals surface area contributed by atoms with E-state index in [4.69, 9.17) is 40.5 Å². The average molecular weight is 462 g/mol. The van der Waals surface area contributed by atoms with Crippen LogP contribution in [0.1, 0.15) is 27.5 Å². The fraction of sp³-hybridized carbons (Fsp3) is 0.0476. The largest absolute Gasteiger partial charge is 0.383 e. The van der Waals surface area contributed by atoms with Crippen LogP contribution in [0, 0.1) is 0 Å². The molecule has 30 heavy (non-hydrogen) atoms. The Morgan fingerprint density at radius 3 is 2.30 bits per heavy atom. The molecule has 1 heterocycles. The van der Waals surface area contributed by atoms with Crippen LogP contribution in [-0.4, -0.2) is 22.6 Å². The summed E-state index contributed by atoms with van der Waals surface area (Å²) in [5, 5.41) is 3.42. The van der Waals surface area contributed by atoms with Crippen molar-refractivity contribution in [3.05, 3.63) is 98.7 Å². The van der Waals surface area contributed by atoms with Crippen LogP contribution in [0.4, 0.5) is 0 Å². The molecule has 3 rings (SSSR count). The molecule has 2 aromatic carbocycles. The maximum atomic E-state index is 12.9. The second-order valence-corrected chi connectivity index (χ2v) is 7.35. The lowest BCUT2D eigenvalue weighted by Gasteiger charge is -2.17. The number of carbonyl (C=O) groups excluding carboxylic acids is 2. The molecule has 0 aliphatic rings. The van der Waals surface area contributed by atoms with E-state index in [0.29, 0.717) is 16.1 Å². The summed E-state index contributed by atoms with van der Waals surface area (Å²) in [6, 6.07) is 15.2. The molecule has 152 valence electrons. The molecule has 9 heteroatoms. The van der Waals surface area contributed by atoms with E-state index >= 15 is 0 Å². The van der Waals surface area contributed by atoms with Crippen molar-refractivity contribution in [2.24, 2.45) is 10.7 Å². The van der Waals surface area contributed by atoms with Gasteiger partial charge in [-0.3, -0.25) is 9.59 Å². The van der Waals surface area contributed by atoms with E-state index in [1.165, 1.54) is 30.5 Å². The Labute approximate surface area is 187 Å². The van der Waals surface area contributed by atoms with Gasteiger partial charge in [0.05, 0.1) is 15.6 Å². The molecule has 2 amide bonds. The number of nitrogens with two attached hydrogens (primary N) is 1. The zero-order chi connectivity index (χ0) is 21.7. The monoisotopic (exact) mass is 460 g/mol. The van der Waals surface area contributed by atoms with Crippen LogP contribution >= 0.6 is 34.8 Å². The summed E-state index contributed by atoms with van der Waals surface area (Å²) in [7, 11) is 0. The van der Waals surface area contributed by atoms with Gasteiger partial charge in [0.2, 0.25) is 0 Å². The highest BCUT2D eigenvalue weighted by Gasteiger charge is 2.24. The van der Waals surface area contributed by atoms with Gasteiger partial charge in [-0.25, -0.2) is 4.98 Å². The third-order valence-corrected chi connectivity index (χ3v) is 5.05. The number of halogens is 3. The molecule has 1 atom stereocenters. The Balaban J connectivity index is 1.94. The number of rotatable bonds is 5. The summed E-state index contributed by atoms with van der Waals surface area (Å²) < 4.78 is 0. The predicted octanol–water partition coefficient (Wildman–Crippen LogP) is 4.45. The molecule has 3 aromatic rings. The lowest BCUT2D eigenvalue weighted by molar-refractivity contribution is -0.119. The Morgan fingerprint density at radius 1 is 0.933 bits per heavy atom. The fourth-order valence-electron chi connectivity index (χ4n) is 2.56. The summed E-state index contributed by atoms with van der Waals surface area (Å²) in [5.74, 6) is -1.20. The van der Waals surface area contributed by atoms with Crippen LogP contribution in [0.3, 0.4) is 0 Å². The lowest BCUT2D eigenvalue weighted by atomic mass is 10.1. The van der Waals surface area contributed by atoms with Crippen LogP contribution in [0.15, 0.2) is 71.9 Å². The highest BCUT2D eigenvalue weighted by molar-refractivity contribution is 6.42. The zero-order valence-electron chi connectivity index (χ0n) is 15.4. The number of nitrogens with zero attached hydrogens (tertiary/aromatic N) is 2. The van der Waals surface area contributed by atoms with Crippen molar-refractivity contribution in [1.29, 1.82) is 0 Å². The number of aliphatic imine (C=N–C) groups is 1. The van der Waals surface area contributed by atoms with Crippen molar-refractivity contribution in [3.63, 3.8) is 0 Å². The number of nitrogens with one attached hydrogen (secondary N) is 1. The quantitative estimate of drug-likeness (QED) is 0.333. The number of hydrogen-bond donors (Lipinski definition) is 2. The third-order valence-electron chi connectivity index (χ3n) is 4.09. The smallest absolute Gasteiger partial charge is 0.274 e. The number of hydrogen-bond acceptors (Lipinski definition) is 3. The molecule has 3 N–H and O–H groups in total. The van der Waals surface area contributed by atoms with Crippen molar-refractivity contribution in [2.75, 3.05) is 0 Å². The predicted molar refractivity (Wildman–Crippen MR) is 118 cm³/mol. The Morgan fingerprint density at radius 2 is 1.67 bits per heavy atom. The average Bonchev–Trinajstić information content (AvgIpc) is 2.75. The number of benzene rings is 2. The minimum absolute atomic E-state index is 0.0214. The molecule has 0 aliphatic carbocycles. The summed E-state index contributed by atoms with van der Waals surface area (Å²) >= 11 is 17.8. The van der Waals surface area contributed by atoms with Gasteiger partial charge in [-0.15, -0.1) is 0 Å². The second-order valence-electron chi connectivity index (χ2n) is 6.15. The van der Waals surface area contributed by atoms with E-state index < -0.39 is 17.9 Å².